The predicted molar refractivity (Wildman–Crippen MR) is 125 cm³/mol. The second-order valence-corrected chi connectivity index (χ2v) is 8.55. The summed E-state index contributed by atoms with van der Waals surface area (Å²) in [5.74, 6) is 0.0262. The molecular formula is C25H24ClN5O. The lowest BCUT2D eigenvalue weighted by atomic mass is 10.0. The molecule has 0 N–H and O–H groups in total. The fourth-order valence-electron chi connectivity index (χ4n) is 4.27. The minimum absolute atomic E-state index is 0.0262. The number of hydrogen-bond acceptors (Lipinski definition) is 3. The fourth-order valence-corrected chi connectivity index (χ4v) is 4.40. The van der Waals surface area contributed by atoms with E-state index in [0.29, 0.717) is 42.0 Å². The van der Waals surface area contributed by atoms with E-state index < -0.39 is 0 Å². The van der Waals surface area contributed by atoms with Crippen LogP contribution in [0.5, 0.6) is 0 Å². The smallest absolute Gasteiger partial charge is 0.257 e. The van der Waals surface area contributed by atoms with Crippen LogP contribution in [0.2, 0.25) is 5.02 Å². The van der Waals surface area contributed by atoms with Crippen LogP contribution >= 0.6 is 11.6 Å². The third kappa shape index (κ3) is 4.32. The molecule has 1 aliphatic heterocycles. The highest BCUT2D eigenvalue weighted by Crippen LogP contribution is 2.28. The van der Waals surface area contributed by atoms with E-state index in [0.717, 1.165) is 24.0 Å². The Hall–Kier alpha value is -3.38. The number of rotatable bonds is 5. The molecule has 32 heavy (non-hydrogen) atoms. The summed E-state index contributed by atoms with van der Waals surface area (Å²) in [5.41, 5.74) is 3.35. The zero-order valence-corrected chi connectivity index (χ0v) is 18.4. The maximum Gasteiger partial charge on any atom is 0.257 e. The maximum absolute atomic E-state index is 13.5. The lowest BCUT2D eigenvalue weighted by Crippen LogP contribution is -2.39. The number of benzene rings is 2. The molecular weight excluding hydrogens is 422 g/mol. The van der Waals surface area contributed by atoms with Crippen molar-refractivity contribution >= 4 is 17.5 Å². The molecule has 5 rings (SSSR count). The van der Waals surface area contributed by atoms with Gasteiger partial charge in [0.05, 0.1) is 18.4 Å². The van der Waals surface area contributed by atoms with E-state index in [1.807, 2.05) is 70.8 Å². The minimum Gasteiger partial charge on any atom is -0.338 e. The molecule has 0 saturated carbocycles. The second kappa shape index (κ2) is 9.01. The van der Waals surface area contributed by atoms with Crippen LogP contribution in [-0.4, -0.2) is 43.2 Å². The first-order valence-corrected chi connectivity index (χ1v) is 11.2. The first-order valence-electron chi connectivity index (χ1n) is 10.8. The second-order valence-electron chi connectivity index (χ2n) is 8.11. The van der Waals surface area contributed by atoms with Crippen molar-refractivity contribution in [2.75, 3.05) is 13.1 Å². The van der Waals surface area contributed by atoms with E-state index in [-0.39, 0.29) is 5.91 Å². The van der Waals surface area contributed by atoms with Gasteiger partial charge < -0.3 is 9.47 Å². The SMILES string of the molecule is O=C(c1cn(Cc2ccccc2)nc1-c1ccc(Cl)cc1)N1CCC(n2ccnc2)CC1. The molecule has 4 aromatic rings. The van der Waals surface area contributed by atoms with E-state index in [1.165, 1.54) is 0 Å². The number of imidazole rings is 1. The van der Waals surface area contributed by atoms with Crippen molar-refractivity contribution in [1.82, 2.24) is 24.2 Å². The molecule has 162 valence electrons. The zero-order valence-electron chi connectivity index (χ0n) is 17.6. The van der Waals surface area contributed by atoms with Crippen molar-refractivity contribution in [3.05, 3.63) is 95.7 Å². The number of carbonyl (C=O) groups is 1. The van der Waals surface area contributed by atoms with Gasteiger partial charge in [-0.2, -0.15) is 5.10 Å². The van der Waals surface area contributed by atoms with Crippen molar-refractivity contribution in [3.63, 3.8) is 0 Å². The van der Waals surface area contributed by atoms with Gasteiger partial charge in [0.25, 0.3) is 5.91 Å². The molecule has 3 heterocycles. The topological polar surface area (TPSA) is 56.0 Å². The van der Waals surface area contributed by atoms with E-state index in [4.69, 9.17) is 16.7 Å². The third-order valence-corrected chi connectivity index (χ3v) is 6.25. The minimum atomic E-state index is 0.0262. The number of carbonyl (C=O) groups excluding carboxylic acids is 1. The van der Waals surface area contributed by atoms with Crippen LogP contribution in [0.3, 0.4) is 0 Å². The van der Waals surface area contributed by atoms with Crippen LogP contribution in [0.4, 0.5) is 0 Å². The summed E-state index contributed by atoms with van der Waals surface area (Å²) in [6.45, 7) is 2.04. The van der Waals surface area contributed by atoms with Crippen LogP contribution in [0, 0.1) is 0 Å². The highest BCUT2D eigenvalue weighted by molar-refractivity contribution is 6.30. The average molecular weight is 446 g/mol. The van der Waals surface area contributed by atoms with E-state index in [2.05, 4.69) is 21.7 Å². The lowest BCUT2D eigenvalue weighted by Gasteiger charge is -2.32. The molecule has 1 amide bonds. The van der Waals surface area contributed by atoms with Gasteiger partial charge in [0, 0.05) is 48.3 Å². The summed E-state index contributed by atoms with van der Waals surface area (Å²) in [5, 5.41) is 5.45. The molecule has 7 heteroatoms. The van der Waals surface area contributed by atoms with Crippen molar-refractivity contribution in [2.24, 2.45) is 0 Å². The number of halogens is 1. The fraction of sp³-hybridized carbons (Fsp3) is 0.240. The molecule has 0 spiro atoms. The van der Waals surface area contributed by atoms with Crippen LogP contribution in [-0.2, 0) is 6.54 Å². The van der Waals surface area contributed by atoms with Crippen molar-refractivity contribution in [3.8, 4) is 11.3 Å². The van der Waals surface area contributed by atoms with Crippen LogP contribution in [0.15, 0.2) is 79.5 Å². The first kappa shape index (κ1) is 20.5. The first-order chi connectivity index (χ1) is 15.7. The lowest BCUT2D eigenvalue weighted by molar-refractivity contribution is 0.0695. The summed E-state index contributed by atoms with van der Waals surface area (Å²) < 4.78 is 3.99. The van der Waals surface area contributed by atoms with Gasteiger partial charge in [-0.05, 0) is 30.5 Å². The van der Waals surface area contributed by atoms with Gasteiger partial charge in [-0.3, -0.25) is 9.48 Å². The van der Waals surface area contributed by atoms with Gasteiger partial charge in [0.1, 0.15) is 5.69 Å². The van der Waals surface area contributed by atoms with Crippen LogP contribution < -0.4 is 0 Å². The van der Waals surface area contributed by atoms with E-state index >= 15 is 0 Å². The Labute approximate surface area is 192 Å². The number of amides is 1. The van der Waals surface area contributed by atoms with Gasteiger partial charge in [0.2, 0.25) is 0 Å². The molecule has 0 bridgehead atoms. The molecule has 2 aromatic heterocycles. The molecule has 0 aliphatic carbocycles. The highest BCUT2D eigenvalue weighted by Gasteiger charge is 2.27. The Morgan fingerprint density at radius 1 is 1.03 bits per heavy atom. The van der Waals surface area contributed by atoms with Crippen LogP contribution in [0.25, 0.3) is 11.3 Å². The maximum atomic E-state index is 13.5. The Balaban J connectivity index is 1.41. The molecule has 2 aromatic carbocycles. The molecule has 0 atom stereocenters. The summed E-state index contributed by atoms with van der Waals surface area (Å²) in [7, 11) is 0. The average Bonchev–Trinajstić information content (AvgIpc) is 3.51. The van der Waals surface area contributed by atoms with Crippen molar-refractivity contribution < 1.29 is 4.79 Å². The predicted octanol–water partition coefficient (Wildman–Crippen LogP) is 4.93. The molecule has 0 unspecified atom stereocenters. The monoisotopic (exact) mass is 445 g/mol. The molecule has 1 aliphatic rings. The third-order valence-electron chi connectivity index (χ3n) is 6.00. The Bertz CT molecular complexity index is 1180. The summed E-state index contributed by atoms with van der Waals surface area (Å²) in [6.07, 6.45) is 9.36. The Morgan fingerprint density at radius 3 is 2.47 bits per heavy atom. The van der Waals surface area contributed by atoms with E-state index in [9.17, 15) is 4.79 Å². The zero-order chi connectivity index (χ0) is 21.9. The largest absolute Gasteiger partial charge is 0.338 e. The van der Waals surface area contributed by atoms with Crippen LogP contribution in [0.1, 0.15) is 34.8 Å². The number of nitrogens with zero attached hydrogens (tertiary/aromatic N) is 5. The molecule has 1 fully saturated rings. The van der Waals surface area contributed by atoms with Gasteiger partial charge in [-0.25, -0.2) is 4.98 Å². The number of piperidine rings is 1. The van der Waals surface area contributed by atoms with Crippen molar-refractivity contribution in [2.45, 2.75) is 25.4 Å². The standard InChI is InChI=1S/C25H24ClN5O/c26-21-8-6-20(7-9-21)24-23(17-31(28-24)16-19-4-2-1-3-5-19)25(32)29-13-10-22(11-14-29)30-15-12-27-18-30/h1-9,12,15,17-18,22H,10-11,13-14,16H2. The van der Waals surface area contributed by atoms with Gasteiger partial charge in [0.15, 0.2) is 0 Å². The Morgan fingerprint density at radius 2 is 1.78 bits per heavy atom. The summed E-state index contributed by atoms with van der Waals surface area (Å²) in [4.78, 5) is 19.6. The number of aromatic nitrogens is 4. The normalized spacial score (nSPS) is 14.6. The number of likely N-dealkylation sites (tertiary alicyclic amines) is 1. The summed E-state index contributed by atoms with van der Waals surface area (Å²) in [6, 6.07) is 18.0. The Kier molecular flexibility index (Phi) is 5.77. The van der Waals surface area contributed by atoms with Gasteiger partial charge in [-0.1, -0.05) is 54.1 Å². The molecule has 1 saturated heterocycles. The summed E-state index contributed by atoms with van der Waals surface area (Å²) >= 11 is 6.08. The van der Waals surface area contributed by atoms with E-state index in [1.54, 1.807) is 6.20 Å². The molecule has 6 nitrogen and oxygen atoms in total. The number of hydrogen-bond donors (Lipinski definition) is 0. The quantitative estimate of drug-likeness (QED) is 0.438. The highest BCUT2D eigenvalue weighted by atomic mass is 35.5. The molecule has 0 radical (unpaired) electrons. The van der Waals surface area contributed by atoms with Gasteiger partial charge in [-0.15, -0.1) is 0 Å². The van der Waals surface area contributed by atoms with Crippen molar-refractivity contribution in [1.29, 1.82) is 0 Å². The van der Waals surface area contributed by atoms with Gasteiger partial charge >= 0.3 is 0 Å².